The monoisotopic (exact) mass is 373 g/mol. The first-order valence-electron chi connectivity index (χ1n) is 5.30. The number of hydrogen-bond acceptors (Lipinski definition) is 2. The van der Waals surface area contributed by atoms with Crippen LogP contribution in [0.15, 0.2) is 45.5 Å². The first-order chi connectivity index (χ1) is 8.58. The summed E-state index contributed by atoms with van der Waals surface area (Å²) in [4.78, 5) is 4.12. The minimum Gasteiger partial charge on any atom is -0.386 e. The first kappa shape index (κ1) is 13.6. The minimum atomic E-state index is -0.754. The Bertz CT molecular complexity index is 545. The molecule has 0 aliphatic carbocycles. The predicted octanol–water partition coefficient (Wildman–Crippen LogP) is 4.02. The summed E-state index contributed by atoms with van der Waals surface area (Å²) in [5, 5.41) is 10.1. The summed E-state index contributed by atoms with van der Waals surface area (Å²) in [5.41, 5.74) is 1.28. The average molecular weight is 375 g/mol. The third-order valence-electron chi connectivity index (χ3n) is 2.54. The van der Waals surface area contributed by atoms with Gasteiger partial charge in [0.05, 0.1) is 16.3 Å². The lowest BCUT2D eigenvalue weighted by Crippen LogP contribution is -2.05. The van der Waals surface area contributed by atoms with E-state index in [1.807, 2.05) is 6.07 Å². The maximum atomic E-state index is 13.3. The van der Waals surface area contributed by atoms with Gasteiger partial charge in [-0.1, -0.05) is 12.1 Å². The number of rotatable bonds is 3. The van der Waals surface area contributed by atoms with Crippen molar-refractivity contribution in [3.8, 4) is 0 Å². The largest absolute Gasteiger partial charge is 0.386 e. The number of halogens is 3. The molecule has 2 aromatic rings. The molecule has 18 heavy (non-hydrogen) atoms. The van der Waals surface area contributed by atoms with E-state index in [1.54, 1.807) is 24.4 Å². The van der Waals surface area contributed by atoms with Gasteiger partial charge in [0.25, 0.3) is 0 Å². The van der Waals surface area contributed by atoms with Crippen molar-refractivity contribution in [1.82, 2.24) is 4.98 Å². The fraction of sp³-hybridized carbons (Fsp3) is 0.154. The topological polar surface area (TPSA) is 33.1 Å². The highest BCUT2D eigenvalue weighted by molar-refractivity contribution is 9.10. The van der Waals surface area contributed by atoms with Crippen LogP contribution in [0.1, 0.15) is 17.4 Å². The minimum absolute atomic E-state index is 0.312. The fourth-order valence-corrected chi connectivity index (χ4v) is 2.26. The van der Waals surface area contributed by atoms with Crippen LogP contribution in [0.2, 0.25) is 0 Å². The van der Waals surface area contributed by atoms with E-state index < -0.39 is 6.10 Å². The van der Waals surface area contributed by atoms with Gasteiger partial charge in [-0.05, 0) is 55.6 Å². The van der Waals surface area contributed by atoms with Gasteiger partial charge in [-0.15, -0.1) is 0 Å². The van der Waals surface area contributed by atoms with Crippen LogP contribution < -0.4 is 0 Å². The van der Waals surface area contributed by atoms with Gasteiger partial charge in [0, 0.05) is 17.1 Å². The van der Waals surface area contributed by atoms with E-state index in [0.717, 1.165) is 4.47 Å². The van der Waals surface area contributed by atoms with Gasteiger partial charge in [-0.2, -0.15) is 0 Å². The van der Waals surface area contributed by atoms with Crippen LogP contribution >= 0.6 is 31.9 Å². The number of aromatic nitrogens is 1. The molecule has 1 atom stereocenters. The van der Waals surface area contributed by atoms with Gasteiger partial charge in [0.15, 0.2) is 0 Å². The molecule has 1 unspecified atom stereocenters. The molecule has 5 heteroatoms. The molecular formula is C13H10Br2FNO. The Balaban J connectivity index is 2.18. The van der Waals surface area contributed by atoms with Crippen LogP contribution in [-0.4, -0.2) is 10.1 Å². The Hall–Kier alpha value is -0.780. The molecule has 1 heterocycles. The Morgan fingerprint density at radius 2 is 2.00 bits per heavy atom. The summed E-state index contributed by atoms with van der Waals surface area (Å²) in [6.07, 6.45) is 1.18. The van der Waals surface area contributed by atoms with Crippen molar-refractivity contribution >= 4 is 31.9 Å². The van der Waals surface area contributed by atoms with Crippen LogP contribution in [0.25, 0.3) is 0 Å². The highest BCUT2D eigenvalue weighted by atomic mass is 79.9. The van der Waals surface area contributed by atoms with Gasteiger partial charge < -0.3 is 5.11 Å². The van der Waals surface area contributed by atoms with Crippen molar-refractivity contribution < 1.29 is 9.50 Å². The summed E-state index contributed by atoms with van der Waals surface area (Å²) in [6.45, 7) is 0. The van der Waals surface area contributed by atoms with Crippen molar-refractivity contribution in [2.24, 2.45) is 0 Å². The van der Waals surface area contributed by atoms with Gasteiger partial charge in [-0.25, -0.2) is 4.39 Å². The zero-order valence-corrected chi connectivity index (χ0v) is 12.4. The predicted molar refractivity (Wildman–Crippen MR) is 74.7 cm³/mol. The SMILES string of the molecule is OC(Cc1cccc(F)c1Br)c1ccc(Br)cn1. The van der Waals surface area contributed by atoms with Gasteiger partial charge in [0.1, 0.15) is 5.82 Å². The number of benzene rings is 1. The molecular weight excluding hydrogens is 365 g/mol. The van der Waals surface area contributed by atoms with Crippen LogP contribution in [-0.2, 0) is 6.42 Å². The number of aliphatic hydroxyl groups excluding tert-OH is 1. The molecule has 0 aliphatic heterocycles. The summed E-state index contributed by atoms with van der Waals surface area (Å²) in [5.74, 6) is -0.330. The van der Waals surface area contributed by atoms with Gasteiger partial charge >= 0.3 is 0 Å². The number of pyridine rings is 1. The molecule has 1 aromatic heterocycles. The normalized spacial score (nSPS) is 12.4. The zero-order valence-electron chi connectivity index (χ0n) is 9.28. The van der Waals surface area contributed by atoms with E-state index in [9.17, 15) is 9.50 Å². The van der Waals surface area contributed by atoms with Crippen LogP contribution in [0, 0.1) is 5.82 Å². The Morgan fingerprint density at radius 1 is 1.22 bits per heavy atom. The molecule has 0 radical (unpaired) electrons. The van der Waals surface area contributed by atoms with E-state index in [0.29, 0.717) is 22.2 Å². The van der Waals surface area contributed by atoms with Crippen LogP contribution in [0.3, 0.4) is 0 Å². The van der Waals surface area contributed by atoms with Crippen molar-refractivity contribution in [3.63, 3.8) is 0 Å². The van der Waals surface area contributed by atoms with Crippen LogP contribution in [0.5, 0.6) is 0 Å². The molecule has 0 saturated heterocycles. The average Bonchev–Trinajstić information content (AvgIpc) is 2.36. The molecule has 1 N–H and O–H groups in total. The van der Waals surface area contributed by atoms with Gasteiger partial charge in [-0.3, -0.25) is 4.98 Å². The first-order valence-corrected chi connectivity index (χ1v) is 6.89. The smallest absolute Gasteiger partial charge is 0.137 e. The molecule has 0 bridgehead atoms. The molecule has 0 amide bonds. The van der Waals surface area contributed by atoms with E-state index in [4.69, 9.17) is 0 Å². The maximum absolute atomic E-state index is 13.3. The van der Waals surface area contributed by atoms with E-state index in [1.165, 1.54) is 6.07 Å². The second-order valence-electron chi connectivity index (χ2n) is 3.83. The van der Waals surface area contributed by atoms with Gasteiger partial charge in [0.2, 0.25) is 0 Å². The Kier molecular flexibility index (Phi) is 4.48. The van der Waals surface area contributed by atoms with Crippen molar-refractivity contribution in [2.75, 3.05) is 0 Å². The van der Waals surface area contributed by atoms with E-state index in [-0.39, 0.29) is 5.82 Å². The zero-order chi connectivity index (χ0) is 13.1. The highest BCUT2D eigenvalue weighted by Crippen LogP contribution is 2.25. The van der Waals surface area contributed by atoms with Crippen molar-refractivity contribution in [2.45, 2.75) is 12.5 Å². The quantitative estimate of drug-likeness (QED) is 0.880. The number of nitrogens with zero attached hydrogens (tertiary/aromatic N) is 1. The second-order valence-corrected chi connectivity index (χ2v) is 5.54. The Labute approximate surface area is 121 Å². The highest BCUT2D eigenvalue weighted by Gasteiger charge is 2.13. The summed E-state index contributed by atoms with van der Waals surface area (Å²) >= 11 is 6.46. The fourth-order valence-electron chi connectivity index (χ4n) is 1.60. The number of aliphatic hydroxyl groups is 1. The lowest BCUT2D eigenvalue weighted by atomic mass is 10.1. The molecule has 2 nitrogen and oxygen atoms in total. The third kappa shape index (κ3) is 3.16. The van der Waals surface area contributed by atoms with E-state index in [2.05, 4.69) is 36.8 Å². The molecule has 0 spiro atoms. The molecule has 2 rings (SSSR count). The Morgan fingerprint density at radius 3 is 2.67 bits per heavy atom. The standard InChI is InChI=1S/C13H10Br2FNO/c14-9-4-5-11(17-7-9)12(18)6-8-2-1-3-10(16)13(8)15/h1-5,7,12,18H,6H2. The molecule has 0 saturated carbocycles. The molecule has 1 aromatic carbocycles. The number of hydrogen-bond donors (Lipinski definition) is 1. The lowest BCUT2D eigenvalue weighted by molar-refractivity contribution is 0.173. The molecule has 0 fully saturated rings. The third-order valence-corrected chi connectivity index (χ3v) is 3.89. The summed E-state index contributed by atoms with van der Waals surface area (Å²) in [6, 6.07) is 8.32. The van der Waals surface area contributed by atoms with Crippen LogP contribution in [0.4, 0.5) is 4.39 Å². The molecule has 0 aliphatic rings. The van der Waals surface area contributed by atoms with Crippen molar-refractivity contribution in [3.05, 3.63) is 62.5 Å². The lowest BCUT2D eigenvalue weighted by Gasteiger charge is -2.11. The maximum Gasteiger partial charge on any atom is 0.137 e. The second kappa shape index (κ2) is 5.91. The summed E-state index contributed by atoms with van der Waals surface area (Å²) in [7, 11) is 0. The van der Waals surface area contributed by atoms with Crippen molar-refractivity contribution in [1.29, 1.82) is 0 Å². The van der Waals surface area contributed by atoms with E-state index >= 15 is 0 Å². The summed E-state index contributed by atoms with van der Waals surface area (Å²) < 4.78 is 14.6. The molecule has 94 valence electrons.